The second kappa shape index (κ2) is 6.28. The molecular formula is C16H13F3O4. The lowest BCUT2D eigenvalue weighted by molar-refractivity contribution is -0.138. The van der Waals surface area contributed by atoms with Crippen molar-refractivity contribution in [3.8, 4) is 11.3 Å². The molecule has 2 aromatic rings. The molecular weight excluding hydrogens is 313 g/mol. The summed E-state index contributed by atoms with van der Waals surface area (Å²) in [6.07, 6.45) is -4.74. The molecule has 23 heavy (non-hydrogen) atoms. The number of Topliss-reactive ketones (excluding diaryl/α,β-unsaturated/α-hetero) is 1. The lowest BCUT2D eigenvalue weighted by atomic mass is 10.1. The molecule has 7 heteroatoms. The summed E-state index contributed by atoms with van der Waals surface area (Å²) in [5.41, 5.74) is -0.266. The first-order chi connectivity index (χ1) is 10.7. The summed E-state index contributed by atoms with van der Waals surface area (Å²) in [7, 11) is 0. The number of ketones is 1. The Morgan fingerprint density at radius 2 is 1.78 bits per heavy atom. The van der Waals surface area contributed by atoms with Crippen molar-refractivity contribution in [2.24, 2.45) is 0 Å². The Bertz CT molecular complexity index is 727. The quantitative estimate of drug-likeness (QED) is 0.661. The molecule has 0 amide bonds. The number of aliphatic carboxylic acids is 1. The Balaban J connectivity index is 2.35. The van der Waals surface area contributed by atoms with Gasteiger partial charge in [0.15, 0.2) is 5.78 Å². The van der Waals surface area contributed by atoms with Crippen molar-refractivity contribution in [1.82, 2.24) is 0 Å². The van der Waals surface area contributed by atoms with Gasteiger partial charge in [0, 0.05) is 12.0 Å². The second-order valence-electron chi connectivity index (χ2n) is 4.87. The topological polar surface area (TPSA) is 67.5 Å². The summed E-state index contributed by atoms with van der Waals surface area (Å²) in [4.78, 5) is 22.5. The minimum atomic E-state index is -4.43. The fourth-order valence-corrected chi connectivity index (χ4v) is 2.13. The van der Waals surface area contributed by atoms with E-state index in [0.717, 1.165) is 12.1 Å². The van der Waals surface area contributed by atoms with Crippen molar-refractivity contribution in [3.63, 3.8) is 0 Å². The van der Waals surface area contributed by atoms with Crippen LogP contribution in [0.2, 0.25) is 0 Å². The number of carbonyl (C=O) groups is 2. The minimum Gasteiger partial charge on any atom is -0.481 e. The van der Waals surface area contributed by atoms with Gasteiger partial charge >= 0.3 is 12.1 Å². The Kier molecular flexibility index (Phi) is 4.58. The first-order valence-corrected chi connectivity index (χ1v) is 6.77. The van der Waals surface area contributed by atoms with Crippen molar-refractivity contribution in [3.05, 3.63) is 47.2 Å². The normalized spacial score (nSPS) is 11.5. The zero-order valence-electron chi connectivity index (χ0n) is 12.1. The van der Waals surface area contributed by atoms with E-state index in [1.807, 2.05) is 0 Å². The number of hydrogen-bond donors (Lipinski definition) is 1. The Labute approximate surface area is 129 Å². The van der Waals surface area contributed by atoms with Crippen LogP contribution in [0.3, 0.4) is 0 Å². The number of hydrogen-bond acceptors (Lipinski definition) is 3. The van der Waals surface area contributed by atoms with E-state index in [9.17, 15) is 22.8 Å². The maximum absolute atomic E-state index is 12.5. The smallest absolute Gasteiger partial charge is 0.416 e. The summed E-state index contributed by atoms with van der Waals surface area (Å²) < 4.78 is 43.1. The fourth-order valence-electron chi connectivity index (χ4n) is 2.13. The summed E-state index contributed by atoms with van der Waals surface area (Å²) in [5.74, 6) is -1.32. The zero-order valence-corrected chi connectivity index (χ0v) is 12.1. The van der Waals surface area contributed by atoms with Crippen molar-refractivity contribution in [2.45, 2.75) is 25.9 Å². The van der Waals surface area contributed by atoms with Gasteiger partial charge in [0.05, 0.1) is 11.1 Å². The highest BCUT2D eigenvalue weighted by atomic mass is 19.4. The number of furan rings is 1. The van der Waals surface area contributed by atoms with Gasteiger partial charge in [0.25, 0.3) is 0 Å². The Morgan fingerprint density at radius 1 is 1.17 bits per heavy atom. The third kappa shape index (κ3) is 3.80. The molecule has 0 radical (unpaired) electrons. The molecule has 1 aromatic heterocycles. The van der Waals surface area contributed by atoms with Crippen molar-refractivity contribution in [1.29, 1.82) is 0 Å². The molecule has 0 unspecified atom stereocenters. The van der Waals surface area contributed by atoms with Crippen LogP contribution in [0.4, 0.5) is 13.2 Å². The standard InChI is InChI=1S/C16H13F3O4/c1-2-13-11(12(20)8-15(21)22)7-14(23-13)9-3-5-10(6-4-9)16(17,18)19/h3-7H,2,8H2,1H3,(H,21,22). The molecule has 0 atom stereocenters. The van der Waals surface area contributed by atoms with Crippen LogP contribution in [0.25, 0.3) is 11.3 Å². The van der Waals surface area contributed by atoms with Crippen LogP contribution < -0.4 is 0 Å². The van der Waals surface area contributed by atoms with Gasteiger partial charge in [0.1, 0.15) is 17.9 Å². The first kappa shape index (κ1) is 16.8. The van der Waals surface area contributed by atoms with E-state index < -0.39 is 29.9 Å². The molecule has 0 bridgehead atoms. The maximum atomic E-state index is 12.5. The van der Waals surface area contributed by atoms with Crippen LogP contribution in [-0.4, -0.2) is 16.9 Å². The van der Waals surface area contributed by atoms with E-state index in [-0.39, 0.29) is 11.3 Å². The number of alkyl halides is 3. The number of halogens is 3. The molecule has 0 aliphatic rings. The Morgan fingerprint density at radius 3 is 2.26 bits per heavy atom. The van der Waals surface area contributed by atoms with Gasteiger partial charge in [-0.15, -0.1) is 0 Å². The molecule has 0 saturated heterocycles. The molecule has 1 N–H and O–H groups in total. The number of carboxylic acid groups (broad SMARTS) is 1. The minimum absolute atomic E-state index is 0.143. The van der Waals surface area contributed by atoms with Crippen molar-refractivity contribution >= 4 is 11.8 Å². The van der Waals surface area contributed by atoms with E-state index in [1.54, 1.807) is 6.92 Å². The highest BCUT2D eigenvalue weighted by Crippen LogP contribution is 2.32. The van der Waals surface area contributed by atoms with Crippen LogP contribution in [0.5, 0.6) is 0 Å². The lowest BCUT2D eigenvalue weighted by Gasteiger charge is -2.06. The first-order valence-electron chi connectivity index (χ1n) is 6.77. The molecule has 0 saturated carbocycles. The molecule has 0 aliphatic carbocycles. The van der Waals surface area contributed by atoms with Crippen LogP contribution in [-0.2, 0) is 17.4 Å². The average Bonchev–Trinajstić information content (AvgIpc) is 2.90. The van der Waals surface area contributed by atoms with E-state index >= 15 is 0 Å². The molecule has 0 aliphatic heterocycles. The second-order valence-corrected chi connectivity index (χ2v) is 4.87. The largest absolute Gasteiger partial charge is 0.481 e. The predicted octanol–water partition coefficient (Wildman–Crippen LogP) is 4.19. The SMILES string of the molecule is CCc1oc(-c2ccc(C(F)(F)F)cc2)cc1C(=O)CC(=O)O. The number of aryl methyl sites for hydroxylation is 1. The molecule has 0 fully saturated rings. The highest BCUT2D eigenvalue weighted by molar-refractivity contribution is 6.06. The summed E-state index contributed by atoms with van der Waals surface area (Å²) in [5, 5.41) is 8.68. The van der Waals surface area contributed by atoms with Crippen molar-refractivity contribution < 1.29 is 32.3 Å². The maximum Gasteiger partial charge on any atom is 0.416 e. The van der Waals surface area contributed by atoms with Gasteiger partial charge < -0.3 is 9.52 Å². The molecule has 1 heterocycles. The van der Waals surface area contributed by atoms with Gasteiger partial charge in [-0.1, -0.05) is 19.1 Å². The van der Waals surface area contributed by atoms with Gasteiger partial charge in [-0.3, -0.25) is 9.59 Å². The number of carboxylic acids is 1. The van der Waals surface area contributed by atoms with Gasteiger partial charge in [-0.05, 0) is 18.2 Å². The summed E-state index contributed by atoms with van der Waals surface area (Å²) in [6.45, 7) is 1.73. The molecule has 122 valence electrons. The van der Waals surface area contributed by atoms with Gasteiger partial charge in [-0.2, -0.15) is 13.2 Å². The highest BCUT2D eigenvalue weighted by Gasteiger charge is 2.30. The number of rotatable bonds is 5. The lowest BCUT2D eigenvalue weighted by Crippen LogP contribution is -2.07. The van der Waals surface area contributed by atoms with E-state index in [4.69, 9.17) is 9.52 Å². The predicted molar refractivity (Wildman–Crippen MR) is 75.1 cm³/mol. The molecule has 2 rings (SSSR count). The van der Waals surface area contributed by atoms with Crippen LogP contribution in [0.15, 0.2) is 34.7 Å². The Hall–Kier alpha value is -2.57. The zero-order chi connectivity index (χ0) is 17.2. The number of benzene rings is 1. The van der Waals surface area contributed by atoms with Crippen LogP contribution in [0, 0.1) is 0 Å². The third-order valence-corrected chi connectivity index (χ3v) is 3.24. The molecule has 0 spiro atoms. The number of carbonyl (C=O) groups excluding carboxylic acids is 1. The average molecular weight is 326 g/mol. The summed E-state index contributed by atoms with van der Waals surface area (Å²) >= 11 is 0. The van der Waals surface area contributed by atoms with Gasteiger partial charge in [-0.25, -0.2) is 0 Å². The van der Waals surface area contributed by atoms with E-state index in [2.05, 4.69) is 0 Å². The van der Waals surface area contributed by atoms with Crippen LogP contribution in [0.1, 0.15) is 35.0 Å². The van der Waals surface area contributed by atoms with E-state index in [0.29, 0.717) is 17.7 Å². The van der Waals surface area contributed by atoms with Gasteiger partial charge in [0.2, 0.25) is 0 Å². The monoisotopic (exact) mass is 326 g/mol. The van der Waals surface area contributed by atoms with Crippen LogP contribution >= 0.6 is 0 Å². The summed E-state index contributed by atoms with van der Waals surface area (Å²) in [6, 6.07) is 5.69. The van der Waals surface area contributed by atoms with E-state index in [1.165, 1.54) is 18.2 Å². The fraction of sp³-hybridized carbons (Fsp3) is 0.250. The third-order valence-electron chi connectivity index (χ3n) is 3.24. The molecule has 1 aromatic carbocycles. The molecule has 4 nitrogen and oxygen atoms in total. The van der Waals surface area contributed by atoms with Crippen molar-refractivity contribution in [2.75, 3.05) is 0 Å².